The van der Waals surface area contributed by atoms with Crippen LogP contribution in [0.3, 0.4) is 0 Å². The van der Waals surface area contributed by atoms with E-state index >= 15 is 0 Å². The molecule has 1 N–H and O–H groups in total. The smallest absolute Gasteiger partial charge is 0.134 e. The zero-order valence-corrected chi connectivity index (χ0v) is 16.0. The Morgan fingerprint density at radius 1 is 1.32 bits per heavy atom. The number of hydrogen-bond donors (Lipinski definition) is 1. The fourth-order valence-corrected chi connectivity index (χ4v) is 4.32. The number of hydrogen-bond acceptors (Lipinski definition) is 5. The topological polar surface area (TPSA) is 41.3 Å². The molecular formula is C19H24ClN3OS. The summed E-state index contributed by atoms with van der Waals surface area (Å²) >= 11 is 1.76. The average Bonchev–Trinajstić information content (AvgIpc) is 3.32. The molecule has 0 amide bonds. The van der Waals surface area contributed by atoms with Crippen LogP contribution in [-0.2, 0) is 13.1 Å². The van der Waals surface area contributed by atoms with E-state index in [1.165, 1.54) is 22.2 Å². The maximum Gasteiger partial charge on any atom is 0.134 e. The van der Waals surface area contributed by atoms with E-state index in [0.29, 0.717) is 0 Å². The van der Waals surface area contributed by atoms with Crippen molar-refractivity contribution in [1.29, 1.82) is 0 Å². The number of rotatable bonds is 6. The Morgan fingerprint density at radius 3 is 2.96 bits per heavy atom. The van der Waals surface area contributed by atoms with E-state index in [1.807, 2.05) is 23.9 Å². The first-order valence-electron chi connectivity index (χ1n) is 8.57. The average molecular weight is 378 g/mol. The number of furan rings is 1. The van der Waals surface area contributed by atoms with E-state index < -0.39 is 0 Å². The quantitative estimate of drug-likeness (QED) is 0.697. The van der Waals surface area contributed by atoms with Crippen LogP contribution in [0.2, 0.25) is 0 Å². The summed E-state index contributed by atoms with van der Waals surface area (Å²) in [6, 6.07) is 8.30. The van der Waals surface area contributed by atoms with Crippen molar-refractivity contribution in [2.45, 2.75) is 26.4 Å². The van der Waals surface area contributed by atoms with Gasteiger partial charge in [-0.3, -0.25) is 4.90 Å². The Morgan fingerprint density at radius 2 is 2.20 bits per heavy atom. The molecule has 0 spiro atoms. The summed E-state index contributed by atoms with van der Waals surface area (Å²) in [6.07, 6.45) is 3.19. The number of nitrogens with zero attached hydrogens (tertiary/aromatic N) is 2. The number of aryl methyl sites for hydroxylation is 1. The number of thiazole rings is 1. The fourth-order valence-electron chi connectivity index (χ4n) is 3.50. The standard InChI is InChI=1S/C19H23N3OS.ClH/c1-14-19(24-13-21-14)11-22(9-15-6-7-20-8-15)10-16-12-23-18-5-3-2-4-17(16)18;/h2-5,12-13,15,20H,6-11H2,1H3;1H. The Labute approximate surface area is 158 Å². The van der Waals surface area contributed by atoms with E-state index in [0.717, 1.165) is 49.9 Å². The molecule has 4 rings (SSSR count). The highest BCUT2D eigenvalue weighted by molar-refractivity contribution is 7.09. The van der Waals surface area contributed by atoms with Gasteiger partial charge in [-0.1, -0.05) is 18.2 Å². The zero-order chi connectivity index (χ0) is 16.4. The van der Waals surface area contributed by atoms with E-state index in [1.54, 1.807) is 11.3 Å². The summed E-state index contributed by atoms with van der Waals surface area (Å²) in [5.74, 6) is 0.733. The predicted molar refractivity (Wildman–Crippen MR) is 105 cm³/mol. The van der Waals surface area contributed by atoms with Crippen molar-refractivity contribution in [1.82, 2.24) is 15.2 Å². The molecule has 1 saturated heterocycles. The summed E-state index contributed by atoms with van der Waals surface area (Å²) in [5, 5.41) is 4.71. The van der Waals surface area contributed by atoms with Gasteiger partial charge in [0, 0.05) is 35.5 Å². The maximum atomic E-state index is 5.73. The third-order valence-electron chi connectivity index (χ3n) is 4.85. The van der Waals surface area contributed by atoms with Gasteiger partial charge in [-0.2, -0.15) is 0 Å². The second-order valence-corrected chi connectivity index (χ2v) is 7.59. The summed E-state index contributed by atoms with van der Waals surface area (Å²) in [6.45, 7) is 7.38. The molecule has 1 aliphatic rings. The van der Waals surface area contributed by atoms with E-state index in [9.17, 15) is 0 Å². The molecule has 1 atom stereocenters. The zero-order valence-electron chi connectivity index (χ0n) is 14.4. The van der Waals surface area contributed by atoms with Crippen molar-refractivity contribution in [2.24, 2.45) is 5.92 Å². The van der Waals surface area contributed by atoms with Crippen LogP contribution in [0.5, 0.6) is 0 Å². The van der Waals surface area contributed by atoms with Crippen LogP contribution in [0.4, 0.5) is 0 Å². The van der Waals surface area contributed by atoms with Crippen LogP contribution in [-0.4, -0.2) is 29.5 Å². The molecule has 1 unspecified atom stereocenters. The minimum Gasteiger partial charge on any atom is -0.464 e. The van der Waals surface area contributed by atoms with Crippen LogP contribution < -0.4 is 5.32 Å². The van der Waals surface area contributed by atoms with Gasteiger partial charge in [0.05, 0.1) is 17.5 Å². The van der Waals surface area contributed by atoms with Crippen LogP contribution in [0.15, 0.2) is 40.5 Å². The van der Waals surface area contributed by atoms with Gasteiger partial charge < -0.3 is 9.73 Å². The Kier molecular flexibility index (Phi) is 6.12. The van der Waals surface area contributed by atoms with Crippen molar-refractivity contribution in [3.8, 4) is 0 Å². The van der Waals surface area contributed by atoms with Gasteiger partial charge in [0.2, 0.25) is 0 Å². The van der Waals surface area contributed by atoms with Crippen molar-refractivity contribution in [3.63, 3.8) is 0 Å². The molecule has 2 aromatic heterocycles. The molecule has 6 heteroatoms. The number of halogens is 1. The first-order chi connectivity index (χ1) is 11.8. The molecule has 1 fully saturated rings. The van der Waals surface area contributed by atoms with Crippen molar-refractivity contribution >= 4 is 34.7 Å². The second kappa shape index (κ2) is 8.32. The lowest BCUT2D eigenvalue weighted by molar-refractivity contribution is 0.222. The molecule has 3 aromatic rings. The van der Waals surface area contributed by atoms with Gasteiger partial charge in [0.15, 0.2) is 0 Å². The molecule has 0 bridgehead atoms. The maximum absolute atomic E-state index is 5.73. The van der Waals surface area contributed by atoms with E-state index in [4.69, 9.17) is 4.42 Å². The monoisotopic (exact) mass is 377 g/mol. The second-order valence-electron chi connectivity index (χ2n) is 6.65. The summed E-state index contributed by atoms with van der Waals surface area (Å²) in [5.41, 5.74) is 5.36. The van der Waals surface area contributed by atoms with Crippen LogP contribution >= 0.6 is 23.7 Å². The van der Waals surface area contributed by atoms with Gasteiger partial charge in [0.25, 0.3) is 0 Å². The lowest BCUT2D eigenvalue weighted by Crippen LogP contribution is -2.29. The molecule has 1 aromatic carbocycles. The molecule has 1 aliphatic heterocycles. The first kappa shape index (κ1) is 18.4. The number of benzene rings is 1. The minimum absolute atomic E-state index is 0. The highest BCUT2D eigenvalue weighted by Crippen LogP contribution is 2.25. The van der Waals surface area contributed by atoms with Crippen LogP contribution in [0, 0.1) is 12.8 Å². The SMILES string of the molecule is Cc1ncsc1CN(Cc1coc2ccccc12)CC1CCNC1.Cl. The van der Waals surface area contributed by atoms with Gasteiger partial charge in [-0.15, -0.1) is 23.7 Å². The molecule has 0 saturated carbocycles. The van der Waals surface area contributed by atoms with Crippen LogP contribution in [0.1, 0.15) is 22.6 Å². The highest BCUT2D eigenvalue weighted by atomic mass is 35.5. The largest absolute Gasteiger partial charge is 0.464 e. The third kappa shape index (κ3) is 4.23. The van der Waals surface area contributed by atoms with Crippen molar-refractivity contribution in [3.05, 3.63) is 52.2 Å². The van der Waals surface area contributed by atoms with Gasteiger partial charge in [-0.25, -0.2) is 4.98 Å². The lowest BCUT2D eigenvalue weighted by Gasteiger charge is -2.24. The highest BCUT2D eigenvalue weighted by Gasteiger charge is 2.20. The Hall–Kier alpha value is -1.40. The summed E-state index contributed by atoms with van der Waals surface area (Å²) in [7, 11) is 0. The molecule has 4 nitrogen and oxygen atoms in total. The molecular weight excluding hydrogens is 354 g/mol. The lowest BCUT2D eigenvalue weighted by atomic mass is 10.1. The van der Waals surface area contributed by atoms with Gasteiger partial charge in [-0.05, 0) is 38.4 Å². The molecule has 0 radical (unpaired) electrons. The fraction of sp³-hybridized carbons (Fsp3) is 0.421. The van der Waals surface area contributed by atoms with E-state index in [2.05, 4.69) is 34.3 Å². The number of para-hydroxylation sites is 1. The van der Waals surface area contributed by atoms with E-state index in [-0.39, 0.29) is 12.4 Å². The van der Waals surface area contributed by atoms with Gasteiger partial charge >= 0.3 is 0 Å². The van der Waals surface area contributed by atoms with Gasteiger partial charge in [0.1, 0.15) is 5.58 Å². The molecule has 3 heterocycles. The molecule has 0 aliphatic carbocycles. The molecule has 134 valence electrons. The Balaban J connectivity index is 0.00000182. The number of fused-ring (bicyclic) bond motifs is 1. The first-order valence-corrected chi connectivity index (χ1v) is 9.44. The summed E-state index contributed by atoms with van der Waals surface area (Å²) in [4.78, 5) is 8.33. The van der Waals surface area contributed by atoms with Crippen LogP contribution in [0.25, 0.3) is 11.0 Å². The Bertz CT molecular complexity index is 810. The molecule has 25 heavy (non-hydrogen) atoms. The number of aromatic nitrogens is 1. The van der Waals surface area contributed by atoms with Crippen molar-refractivity contribution < 1.29 is 4.42 Å². The summed E-state index contributed by atoms with van der Waals surface area (Å²) < 4.78 is 5.73. The predicted octanol–water partition coefficient (Wildman–Crippen LogP) is 4.23. The normalized spacial score (nSPS) is 17.3. The third-order valence-corrected chi connectivity index (χ3v) is 5.77. The van der Waals surface area contributed by atoms with Crippen molar-refractivity contribution in [2.75, 3.05) is 19.6 Å². The number of nitrogens with one attached hydrogen (secondary N) is 1. The minimum atomic E-state index is 0.